The molecule has 0 aliphatic heterocycles. The molecule has 0 saturated carbocycles. The van der Waals surface area contributed by atoms with Gasteiger partial charge in [0.05, 0.1) is 5.56 Å². The number of oxime groups is 1. The van der Waals surface area contributed by atoms with Gasteiger partial charge in [0.2, 0.25) is 0 Å². The van der Waals surface area contributed by atoms with Crippen LogP contribution >= 0.6 is 0 Å². The maximum Gasteiger partial charge on any atom is 0.335 e. The summed E-state index contributed by atoms with van der Waals surface area (Å²) < 4.78 is 0. The smallest absolute Gasteiger partial charge is 0.335 e. The summed E-state index contributed by atoms with van der Waals surface area (Å²) in [5, 5.41) is 22.2. The van der Waals surface area contributed by atoms with E-state index in [1.807, 2.05) is 6.07 Å². The number of carboxylic acid groups (broad SMARTS) is 1. The van der Waals surface area contributed by atoms with Gasteiger partial charge in [0, 0.05) is 11.1 Å². The van der Waals surface area contributed by atoms with Crippen molar-refractivity contribution in [1.29, 1.82) is 0 Å². The Labute approximate surface area is 154 Å². The zero-order chi connectivity index (χ0) is 19.1. The first-order valence-corrected chi connectivity index (χ1v) is 8.87. The molecule has 3 rings (SSSR count). The molecule has 0 spiro atoms. The molecule has 26 heavy (non-hydrogen) atoms. The number of aromatic carboxylic acids is 1. The highest BCUT2D eigenvalue weighted by molar-refractivity contribution is 6.13. The second-order valence-corrected chi connectivity index (χ2v) is 8.36. The first-order valence-electron chi connectivity index (χ1n) is 8.87. The largest absolute Gasteiger partial charge is 0.478 e. The summed E-state index contributed by atoms with van der Waals surface area (Å²) in [7, 11) is 0. The van der Waals surface area contributed by atoms with E-state index in [-0.39, 0.29) is 16.4 Å². The lowest BCUT2D eigenvalue weighted by Crippen LogP contribution is -2.34. The Hall–Kier alpha value is -2.62. The van der Waals surface area contributed by atoms with Crippen LogP contribution in [0.1, 0.15) is 73.1 Å². The quantitative estimate of drug-likeness (QED) is 0.466. The fourth-order valence-electron chi connectivity index (χ4n) is 3.79. The van der Waals surface area contributed by atoms with E-state index in [9.17, 15) is 10.0 Å². The molecule has 0 amide bonds. The molecular formula is C22H25NO3. The van der Waals surface area contributed by atoms with Crippen molar-refractivity contribution in [2.45, 2.75) is 51.4 Å². The topological polar surface area (TPSA) is 69.9 Å². The molecule has 0 aromatic heterocycles. The lowest BCUT2D eigenvalue weighted by molar-refractivity contribution is 0.0697. The number of nitrogens with zero attached hydrogens (tertiary/aromatic N) is 1. The van der Waals surface area contributed by atoms with Crippen LogP contribution in [0.3, 0.4) is 0 Å². The van der Waals surface area contributed by atoms with Crippen molar-refractivity contribution < 1.29 is 15.1 Å². The first kappa shape index (κ1) is 18.2. The summed E-state index contributed by atoms with van der Waals surface area (Å²) in [6.07, 6.45) is 2.25. The van der Waals surface area contributed by atoms with Crippen molar-refractivity contribution in [3.63, 3.8) is 0 Å². The molecule has 0 saturated heterocycles. The van der Waals surface area contributed by atoms with Crippen LogP contribution in [-0.4, -0.2) is 22.0 Å². The molecular weight excluding hydrogens is 326 g/mol. The zero-order valence-electron chi connectivity index (χ0n) is 15.7. The van der Waals surface area contributed by atoms with Gasteiger partial charge < -0.3 is 10.3 Å². The van der Waals surface area contributed by atoms with E-state index < -0.39 is 5.97 Å². The molecule has 4 heteroatoms. The molecule has 0 radical (unpaired) electrons. The highest BCUT2D eigenvalue weighted by atomic mass is 16.4. The molecule has 0 heterocycles. The predicted molar refractivity (Wildman–Crippen MR) is 103 cm³/mol. The van der Waals surface area contributed by atoms with Gasteiger partial charge in [-0.05, 0) is 53.0 Å². The Bertz CT molecular complexity index is 877. The average molecular weight is 351 g/mol. The van der Waals surface area contributed by atoms with Gasteiger partial charge in [-0.3, -0.25) is 0 Å². The van der Waals surface area contributed by atoms with E-state index in [0.29, 0.717) is 11.3 Å². The fourth-order valence-corrected chi connectivity index (χ4v) is 3.79. The van der Waals surface area contributed by atoms with Crippen molar-refractivity contribution in [2.75, 3.05) is 0 Å². The van der Waals surface area contributed by atoms with Crippen LogP contribution in [0.25, 0.3) is 0 Å². The summed E-state index contributed by atoms with van der Waals surface area (Å²) in [6, 6.07) is 12.6. The third-order valence-corrected chi connectivity index (χ3v) is 5.63. The fraction of sp³-hybridized carbons (Fsp3) is 0.364. The minimum absolute atomic E-state index is 0.0641. The second kappa shape index (κ2) is 6.27. The van der Waals surface area contributed by atoms with Crippen LogP contribution in [-0.2, 0) is 10.8 Å². The van der Waals surface area contributed by atoms with E-state index >= 15 is 0 Å². The third-order valence-electron chi connectivity index (χ3n) is 5.63. The van der Waals surface area contributed by atoms with Crippen LogP contribution in [0.5, 0.6) is 0 Å². The highest BCUT2D eigenvalue weighted by Gasteiger charge is 2.37. The standard InChI is InChI=1S/C22H25NO3/c1-21(2)11-12-22(3,4)18-13-16(9-10-17(18)21)19(23-26)14-5-7-15(8-6-14)20(24)25/h5-10,13,26H,11-12H2,1-4H3,(H,24,25)/b23-19+. The van der Waals surface area contributed by atoms with E-state index in [1.54, 1.807) is 12.1 Å². The molecule has 2 N–H and O–H groups in total. The van der Waals surface area contributed by atoms with Gasteiger partial charge in [-0.2, -0.15) is 0 Å². The van der Waals surface area contributed by atoms with Crippen molar-refractivity contribution in [3.05, 3.63) is 70.3 Å². The summed E-state index contributed by atoms with van der Waals surface area (Å²) in [6.45, 7) is 9.05. The number of carbonyl (C=O) groups is 1. The van der Waals surface area contributed by atoms with E-state index in [1.165, 1.54) is 23.3 Å². The zero-order valence-corrected chi connectivity index (χ0v) is 15.7. The number of carboxylic acids is 1. The number of rotatable bonds is 3. The van der Waals surface area contributed by atoms with Gasteiger partial charge in [0.15, 0.2) is 0 Å². The number of fused-ring (bicyclic) bond motifs is 1. The molecule has 1 aliphatic carbocycles. The molecule has 0 unspecified atom stereocenters. The minimum Gasteiger partial charge on any atom is -0.478 e. The Morgan fingerprint density at radius 1 is 0.846 bits per heavy atom. The minimum atomic E-state index is -0.975. The summed E-state index contributed by atoms with van der Waals surface area (Å²) in [5.74, 6) is -0.975. The van der Waals surface area contributed by atoms with Gasteiger partial charge in [0.25, 0.3) is 0 Å². The third kappa shape index (κ3) is 3.12. The van der Waals surface area contributed by atoms with Gasteiger partial charge in [-0.25, -0.2) is 4.79 Å². The Balaban J connectivity index is 2.07. The highest BCUT2D eigenvalue weighted by Crippen LogP contribution is 2.46. The van der Waals surface area contributed by atoms with Crippen LogP contribution < -0.4 is 0 Å². The number of benzene rings is 2. The molecule has 2 aromatic rings. The van der Waals surface area contributed by atoms with Gasteiger partial charge in [-0.1, -0.05) is 57.1 Å². The van der Waals surface area contributed by atoms with Gasteiger partial charge >= 0.3 is 5.97 Å². The van der Waals surface area contributed by atoms with E-state index in [0.717, 1.165) is 18.4 Å². The Morgan fingerprint density at radius 2 is 1.35 bits per heavy atom. The average Bonchev–Trinajstić information content (AvgIpc) is 2.60. The van der Waals surface area contributed by atoms with Gasteiger partial charge in [-0.15, -0.1) is 0 Å². The number of hydrogen-bond acceptors (Lipinski definition) is 3. The van der Waals surface area contributed by atoms with Crippen molar-refractivity contribution in [2.24, 2.45) is 5.16 Å². The molecule has 0 fully saturated rings. The molecule has 136 valence electrons. The summed E-state index contributed by atoms with van der Waals surface area (Å²) >= 11 is 0. The van der Waals surface area contributed by atoms with E-state index in [4.69, 9.17) is 5.11 Å². The van der Waals surface area contributed by atoms with Crippen molar-refractivity contribution in [1.82, 2.24) is 0 Å². The number of hydrogen-bond donors (Lipinski definition) is 2. The second-order valence-electron chi connectivity index (χ2n) is 8.36. The van der Waals surface area contributed by atoms with Crippen molar-refractivity contribution >= 4 is 11.7 Å². The van der Waals surface area contributed by atoms with Crippen molar-refractivity contribution in [3.8, 4) is 0 Å². The predicted octanol–water partition coefficient (Wildman–Crippen LogP) is 4.96. The summed E-state index contributed by atoms with van der Waals surface area (Å²) in [5.41, 5.74) is 5.00. The maximum atomic E-state index is 11.0. The Kier molecular flexibility index (Phi) is 4.39. The molecule has 2 aromatic carbocycles. The Morgan fingerprint density at radius 3 is 1.88 bits per heavy atom. The van der Waals surface area contributed by atoms with Crippen LogP contribution in [0.2, 0.25) is 0 Å². The van der Waals surface area contributed by atoms with Crippen LogP contribution in [0, 0.1) is 0 Å². The molecule has 4 nitrogen and oxygen atoms in total. The molecule has 0 bridgehead atoms. The van der Waals surface area contributed by atoms with E-state index in [2.05, 4.69) is 45.0 Å². The molecule has 0 atom stereocenters. The lowest BCUT2D eigenvalue weighted by Gasteiger charge is -2.42. The van der Waals surface area contributed by atoms with Crippen LogP contribution in [0.15, 0.2) is 47.6 Å². The van der Waals surface area contributed by atoms with Gasteiger partial charge in [0.1, 0.15) is 5.71 Å². The summed E-state index contributed by atoms with van der Waals surface area (Å²) in [4.78, 5) is 11.0. The van der Waals surface area contributed by atoms with Crippen LogP contribution in [0.4, 0.5) is 0 Å². The normalized spacial score (nSPS) is 18.2. The SMILES string of the molecule is CC1(C)CCC(C)(C)c2cc(/C(=N/O)c3ccc(C(=O)O)cc3)ccc21. The maximum absolute atomic E-state index is 11.0. The monoisotopic (exact) mass is 351 g/mol. The lowest BCUT2D eigenvalue weighted by atomic mass is 9.63. The molecule has 1 aliphatic rings. The first-order chi connectivity index (χ1) is 12.2.